The largest absolute Gasteiger partial charge is 0.331 e. The van der Waals surface area contributed by atoms with E-state index < -0.39 is 11.0 Å². The van der Waals surface area contributed by atoms with Crippen LogP contribution in [-0.4, -0.2) is 25.7 Å². The number of thiocarbonyl (C=S) groups is 1. The Labute approximate surface area is 245 Å². The minimum absolute atomic E-state index is 0.0407. The Morgan fingerprint density at radius 3 is 2.44 bits per heavy atom. The molecule has 4 aromatic carbocycles. The highest BCUT2D eigenvalue weighted by Crippen LogP contribution is 2.38. The fraction of sp³-hybridized carbons (Fsp3) is 0.0645. The summed E-state index contributed by atoms with van der Waals surface area (Å²) in [7, 11) is 0. The average molecular weight is 580 g/mol. The molecule has 1 atom stereocenters. The summed E-state index contributed by atoms with van der Waals surface area (Å²) in [6.45, 7) is 0. The van der Waals surface area contributed by atoms with Crippen molar-refractivity contribution in [3.05, 3.63) is 140 Å². The van der Waals surface area contributed by atoms with Crippen LogP contribution in [-0.2, 0) is 0 Å². The molecule has 1 aliphatic rings. The second-order valence-electron chi connectivity index (χ2n) is 9.52. The van der Waals surface area contributed by atoms with Crippen molar-refractivity contribution in [1.29, 1.82) is 0 Å². The number of nitro groups is 1. The first kappa shape index (κ1) is 26.4. The fourth-order valence-electron chi connectivity index (χ4n) is 5.10. The summed E-state index contributed by atoms with van der Waals surface area (Å²) in [6, 6.07) is 30.3. The van der Waals surface area contributed by atoms with Gasteiger partial charge in [0.2, 0.25) is 0 Å². The third kappa shape index (κ3) is 5.20. The number of non-ortho nitro benzene ring substituents is 1. The van der Waals surface area contributed by atoms with Gasteiger partial charge < -0.3 is 10.3 Å². The molecule has 41 heavy (non-hydrogen) atoms. The summed E-state index contributed by atoms with van der Waals surface area (Å²) < 4.78 is 0. The van der Waals surface area contributed by atoms with Gasteiger partial charge in [0.05, 0.1) is 22.2 Å². The summed E-state index contributed by atoms with van der Waals surface area (Å²) >= 11 is 12.2. The van der Waals surface area contributed by atoms with Gasteiger partial charge in [-0.1, -0.05) is 72.3 Å². The molecule has 0 fully saturated rings. The second kappa shape index (κ2) is 11.0. The first-order chi connectivity index (χ1) is 19.9. The van der Waals surface area contributed by atoms with Crippen LogP contribution in [0.5, 0.6) is 0 Å². The van der Waals surface area contributed by atoms with Crippen LogP contribution in [0.3, 0.4) is 0 Å². The zero-order chi connectivity index (χ0) is 28.5. The van der Waals surface area contributed by atoms with E-state index in [-0.39, 0.29) is 17.7 Å². The average Bonchev–Trinajstić information content (AvgIpc) is 3.43. The molecule has 1 aliphatic heterocycles. The number of nitrogens with zero attached hydrogens (tertiary/aromatic N) is 3. The minimum Gasteiger partial charge on any atom is -0.331 e. The summed E-state index contributed by atoms with van der Waals surface area (Å²) in [4.78, 5) is 27.9. The van der Waals surface area contributed by atoms with Crippen LogP contribution in [0.25, 0.3) is 22.0 Å². The number of aromatic amines is 1. The Balaban J connectivity index is 1.53. The molecule has 0 spiro atoms. The van der Waals surface area contributed by atoms with E-state index in [0.29, 0.717) is 38.1 Å². The number of aromatic nitrogens is 1. The van der Waals surface area contributed by atoms with Gasteiger partial charge in [0.15, 0.2) is 5.11 Å². The van der Waals surface area contributed by atoms with E-state index in [1.165, 1.54) is 12.1 Å². The predicted octanol–water partition coefficient (Wildman–Crippen LogP) is 7.30. The Hall–Kier alpha value is -4.86. The lowest BCUT2D eigenvalue weighted by Crippen LogP contribution is -2.31. The molecule has 0 aliphatic carbocycles. The van der Waals surface area contributed by atoms with Crippen LogP contribution in [0.2, 0.25) is 5.02 Å². The van der Waals surface area contributed by atoms with Gasteiger partial charge in [-0.2, -0.15) is 5.10 Å². The molecule has 2 N–H and O–H groups in total. The van der Waals surface area contributed by atoms with E-state index in [2.05, 4.69) is 10.3 Å². The maximum absolute atomic E-state index is 13.7. The fourth-order valence-corrected chi connectivity index (χ4v) is 5.56. The van der Waals surface area contributed by atoms with Crippen molar-refractivity contribution in [3.63, 3.8) is 0 Å². The smallest absolute Gasteiger partial charge is 0.269 e. The van der Waals surface area contributed by atoms with Gasteiger partial charge in [-0.05, 0) is 53.7 Å². The molecule has 1 unspecified atom stereocenters. The molecule has 0 bridgehead atoms. The lowest BCUT2D eigenvalue weighted by Gasteiger charge is -2.24. The molecule has 6 rings (SSSR count). The number of H-pyrrole nitrogens is 1. The molecule has 0 saturated carbocycles. The van der Waals surface area contributed by atoms with Crippen LogP contribution in [0.4, 0.5) is 11.4 Å². The first-order valence-electron chi connectivity index (χ1n) is 12.8. The Morgan fingerprint density at radius 2 is 1.71 bits per heavy atom. The van der Waals surface area contributed by atoms with Gasteiger partial charge in [-0.15, -0.1) is 0 Å². The van der Waals surface area contributed by atoms with Crippen molar-refractivity contribution in [2.45, 2.75) is 12.5 Å². The van der Waals surface area contributed by atoms with Crippen LogP contribution >= 0.6 is 23.8 Å². The zero-order valence-electron chi connectivity index (χ0n) is 21.5. The van der Waals surface area contributed by atoms with E-state index >= 15 is 0 Å². The number of hydrogen-bond donors (Lipinski definition) is 2. The molecule has 10 heteroatoms. The van der Waals surface area contributed by atoms with E-state index in [1.54, 1.807) is 29.3 Å². The number of hydrogen-bond acceptors (Lipinski definition) is 5. The standard InChI is InChI=1S/C31H22ClN5O3S/c32-21-14-15-25-24(17-21)28(19-8-3-1-4-9-19)29(30(38)34-25)26-18-27(20-10-7-13-23(16-20)37(39)40)36(35-26)31(41)33-22-11-5-2-6-12-22/h1-17,27H,18H2,(H,33,41)(H,34,38). The Kier molecular flexibility index (Phi) is 7.05. The molecule has 0 amide bonds. The lowest BCUT2D eigenvalue weighted by molar-refractivity contribution is -0.384. The van der Waals surface area contributed by atoms with Gasteiger partial charge in [-0.25, -0.2) is 5.01 Å². The number of nitrogens with one attached hydrogen (secondary N) is 2. The van der Waals surface area contributed by atoms with Crippen LogP contribution in [0.1, 0.15) is 23.6 Å². The topological polar surface area (TPSA) is 104 Å². The second-order valence-corrected chi connectivity index (χ2v) is 10.3. The van der Waals surface area contributed by atoms with Crippen LogP contribution < -0.4 is 10.9 Å². The van der Waals surface area contributed by atoms with Crippen molar-refractivity contribution in [1.82, 2.24) is 9.99 Å². The van der Waals surface area contributed by atoms with Crippen molar-refractivity contribution in [3.8, 4) is 11.1 Å². The van der Waals surface area contributed by atoms with Gasteiger partial charge in [0.25, 0.3) is 11.2 Å². The van der Waals surface area contributed by atoms with Crippen LogP contribution in [0, 0.1) is 10.1 Å². The summed E-state index contributed by atoms with van der Waals surface area (Å²) in [5, 5.41) is 22.9. The number of anilines is 1. The molecule has 0 radical (unpaired) electrons. The number of fused-ring (bicyclic) bond motifs is 1. The monoisotopic (exact) mass is 579 g/mol. The van der Waals surface area contributed by atoms with Crippen LogP contribution in [0.15, 0.2) is 113 Å². The molecule has 0 saturated heterocycles. The normalized spacial score (nSPS) is 14.6. The summed E-state index contributed by atoms with van der Waals surface area (Å²) in [6.07, 6.45) is 0.284. The van der Waals surface area contributed by atoms with Gasteiger partial charge in [-0.3, -0.25) is 14.9 Å². The van der Waals surface area contributed by atoms with E-state index in [0.717, 1.165) is 16.6 Å². The maximum atomic E-state index is 13.7. The molecular formula is C31H22ClN5O3S. The number of para-hydroxylation sites is 1. The quantitative estimate of drug-likeness (QED) is 0.129. The number of halogens is 1. The van der Waals surface area contributed by atoms with E-state index in [4.69, 9.17) is 28.9 Å². The van der Waals surface area contributed by atoms with Gasteiger partial charge in [0, 0.05) is 45.7 Å². The zero-order valence-corrected chi connectivity index (χ0v) is 23.0. The van der Waals surface area contributed by atoms with E-state index in [9.17, 15) is 14.9 Å². The molecule has 202 valence electrons. The lowest BCUT2D eigenvalue weighted by atomic mass is 9.91. The highest BCUT2D eigenvalue weighted by atomic mass is 35.5. The number of benzene rings is 4. The minimum atomic E-state index is -0.494. The highest BCUT2D eigenvalue weighted by molar-refractivity contribution is 7.80. The van der Waals surface area contributed by atoms with Crippen molar-refractivity contribution >= 4 is 56.9 Å². The molecule has 2 heterocycles. The molecule has 1 aromatic heterocycles. The van der Waals surface area contributed by atoms with Gasteiger partial charge in [0.1, 0.15) is 0 Å². The van der Waals surface area contributed by atoms with Gasteiger partial charge >= 0.3 is 0 Å². The third-order valence-corrected chi connectivity index (χ3v) is 7.46. The number of hydrazone groups is 1. The van der Waals surface area contributed by atoms with E-state index in [1.807, 2.05) is 66.7 Å². The number of rotatable bonds is 5. The summed E-state index contributed by atoms with van der Waals surface area (Å²) in [5.41, 5.74) is 4.14. The number of pyridine rings is 1. The Bertz CT molecular complexity index is 1890. The first-order valence-corrected chi connectivity index (χ1v) is 13.6. The summed E-state index contributed by atoms with van der Waals surface area (Å²) in [5.74, 6) is 0. The van der Waals surface area contributed by atoms with Crippen molar-refractivity contribution in [2.24, 2.45) is 5.10 Å². The number of nitro benzene ring substituents is 1. The SMILES string of the molecule is O=c1[nH]c2ccc(Cl)cc2c(-c2ccccc2)c1C1=NN(C(=S)Nc2ccccc2)C(c2cccc([N+](=O)[O-])c2)C1. The van der Waals surface area contributed by atoms with Crippen molar-refractivity contribution in [2.75, 3.05) is 5.32 Å². The molecule has 8 nitrogen and oxygen atoms in total. The third-order valence-electron chi connectivity index (χ3n) is 6.94. The maximum Gasteiger partial charge on any atom is 0.269 e. The highest BCUT2D eigenvalue weighted by Gasteiger charge is 2.35. The Morgan fingerprint density at radius 1 is 0.976 bits per heavy atom. The molecular weight excluding hydrogens is 558 g/mol. The van der Waals surface area contributed by atoms with Crippen molar-refractivity contribution < 1.29 is 4.92 Å². The predicted molar refractivity (Wildman–Crippen MR) is 167 cm³/mol. The molecule has 5 aromatic rings.